The second-order valence-electron chi connectivity index (χ2n) is 6.71. The number of benzene rings is 1. The first-order valence-corrected chi connectivity index (χ1v) is 9.14. The van der Waals surface area contributed by atoms with Crippen LogP contribution in [0.4, 0.5) is 0 Å². The Bertz CT molecular complexity index is 735. The Hall–Kier alpha value is -2.25. The van der Waals surface area contributed by atoms with Gasteiger partial charge in [0.05, 0.1) is 26.2 Å². The molecule has 0 radical (unpaired) electrons. The summed E-state index contributed by atoms with van der Waals surface area (Å²) in [6.07, 6.45) is -6.30. The fraction of sp³-hybridized carbons (Fsp3) is 0.526. The Balaban J connectivity index is 1.92. The molecule has 0 aliphatic carbocycles. The minimum absolute atomic E-state index is 0.210. The summed E-state index contributed by atoms with van der Waals surface area (Å²) < 4.78 is 15.7. The van der Waals surface area contributed by atoms with Gasteiger partial charge in [0.15, 0.2) is 17.8 Å². The molecule has 7 N–H and O–H groups in total. The molecule has 5 atom stereocenters. The predicted octanol–water partition coefficient (Wildman–Crippen LogP) is -2.08. The van der Waals surface area contributed by atoms with Crippen molar-refractivity contribution >= 4 is 5.97 Å². The summed E-state index contributed by atoms with van der Waals surface area (Å²) in [6.45, 7) is -1.39. The second-order valence-corrected chi connectivity index (χ2v) is 6.71. The van der Waals surface area contributed by atoms with E-state index in [0.717, 1.165) is 0 Å². The summed E-state index contributed by atoms with van der Waals surface area (Å²) in [5.74, 6) is -1.44. The van der Waals surface area contributed by atoms with E-state index in [-0.39, 0.29) is 31.1 Å². The first-order chi connectivity index (χ1) is 14.3. The summed E-state index contributed by atoms with van der Waals surface area (Å²) in [7, 11) is 0. The van der Waals surface area contributed by atoms with Crippen LogP contribution in [0, 0.1) is 0 Å². The maximum Gasteiger partial charge on any atom is 0.310 e. The van der Waals surface area contributed by atoms with Gasteiger partial charge in [0, 0.05) is 0 Å². The van der Waals surface area contributed by atoms with E-state index in [9.17, 15) is 30.3 Å². The van der Waals surface area contributed by atoms with Gasteiger partial charge in [-0.15, -0.1) is 0 Å². The van der Waals surface area contributed by atoms with Gasteiger partial charge in [-0.25, -0.2) is 0 Å². The predicted molar refractivity (Wildman–Crippen MR) is 99.3 cm³/mol. The third-order valence-corrected chi connectivity index (χ3v) is 4.48. The fourth-order valence-electron chi connectivity index (χ4n) is 2.75. The van der Waals surface area contributed by atoms with Gasteiger partial charge in [-0.2, -0.15) is 0 Å². The Morgan fingerprint density at radius 3 is 2.43 bits per heavy atom. The molecule has 30 heavy (non-hydrogen) atoms. The van der Waals surface area contributed by atoms with Crippen molar-refractivity contribution in [2.75, 3.05) is 26.4 Å². The smallest absolute Gasteiger partial charge is 0.310 e. The number of carbonyl (C=O) groups excluding carboxylic acids is 1. The summed E-state index contributed by atoms with van der Waals surface area (Å²) in [5, 5.41) is 66.9. The topological polar surface area (TPSA) is 186 Å². The van der Waals surface area contributed by atoms with Crippen molar-refractivity contribution in [3.63, 3.8) is 0 Å². The lowest BCUT2D eigenvalue weighted by molar-refractivity contribution is -0.299. The number of hydrogen-bond acceptors (Lipinski definition) is 11. The zero-order chi connectivity index (χ0) is 22.3. The van der Waals surface area contributed by atoms with Crippen LogP contribution < -0.4 is 0 Å². The zero-order valence-corrected chi connectivity index (χ0v) is 16.0. The van der Waals surface area contributed by atoms with Gasteiger partial charge in [0.25, 0.3) is 0 Å². The lowest BCUT2D eigenvalue weighted by Crippen LogP contribution is -2.59. The van der Waals surface area contributed by atoms with Crippen LogP contribution in [0.1, 0.15) is 5.56 Å². The van der Waals surface area contributed by atoms with E-state index in [2.05, 4.69) is 0 Å². The number of esters is 1. The van der Waals surface area contributed by atoms with Crippen LogP contribution in [-0.4, -0.2) is 98.8 Å². The van der Waals surface area contributed by atoms with Crippen LogP contribution in [0.25, 0.3) is 0 Å². The Morgan fingerprint density at radius 2 is 1.80 bits per heavy atom. The Kier molecular flexibility index (Phi) is 8.99. The lowest BCUT2D eigenvalue weighted by atomic mass is 9.99. The highest BCUT2D eigenvalue weighted by Gasteiger charge is 2.44. The second kappa shape index (κ2) is 11.2. The van der Waals surface area contributed by atoms with Crippen LogP contribution in [0.5, 0.6) is 11.5 Å². The average molecular weight is 430 g/mol. The first-order valence-electron chi connectivity index (χ1n) is 9.14. The molecule has 0 saturated carbocycles. The molecule has 11 heteroatoms. The van der Waals surface area contributed by atoms with Crippen molar-refractivity contribution in [3.8, 4) is 11.5 Å². The van der Waals surface area contributed by atoms with Gasteiger partial charge in [0.1, 0.15) is 31.0 Å². The number of phenolic OH excluding ortho intramolecular Hbond substituents is 2. The summed E-state index contributed by atoms with van der Waals surface area (Å²) in [6, 6.07) is 3.84. The van der Waals surface area contributed by atoms with E-state index >= 15 is 0 Å². The van der Waals surface area contributed by atoms with Crippen LogP contribution in [0.15, 0.2) is 29.8 Å². The average Bonchev–Trinajstić information content (AvgIpc) is 2.72. The van der Waals surface area contributed by atoms with Gasteiger partial charge < -0.3 is 50.0 Å². The first kappa shape index (κ1) is 24.0. The molecule has 168 valence electrons. The van der Waals surface area contributed by atoms with E-state index in [1.807, 2.05) is 0 Å². The van der Waals surface area contributed by atoms with Gasteiger partial charge in [-0.3, -0.25) is 4.79 Å². The molecule has 2 rings (SSSR count). The van der Waals surface area contributed by atoms with E-state index in [1.165, 1.54) is 24.3 Å². The molecule has 0 unspecified atom stereocenters. The molecule has 0 amide bonds. The third-order valence-electron chi connectivity index (χ3n) is 4.48. The third kappa shape index (κ3) is 6.37. The monoisotopic (exact) mass is 430 g/mol. The minimum atomic E-state index is -1.64. The van der Waals surface area contributed by atoms with Crippen molar-refractivity contribution in [3.05, 3.63) is 35.4 Å². The zero-order valence-electron chi connectivity index (χ0n) is 16.0. The van der Waals surface area contributed by atoms with Crippen molar-refractivity contribution in [1.29, 1.82) is 0 Å². The number of rotatable bonds is 9. The number of phenols is 2. The van der Waals surface area contributed by atoms with Crippen LogP contribution in [0.3, 0.4) is 0 Å². The molecule has 1 fully saturated rings. The SMILES string of the molecule is O=C(Cc1ccc(O)c(O)c1)OC[C@@H]1O[C@H](OC/C(=C/CO)CO)[C@H](O)[C@H](O)[C@@H]1O. The molecular weight excluding hydrogens is 404 g/mol. The fourth-order valence-corrected chi connectivity index (χ4v) is 2.75. The number of ether oxygens (including phenoxy) is 3. The molecule has 0 spiro atoms. The highest BCUT2D eigenvalue weighted by Crippen LogP contribution is 2.26. The van der Waals surface area contributed by atoms with Crippen LogP contribution >= 0.6 is 0 Å². The number of aliphatic hydroxyl groups excluding tert-OH is 5. The van der Waals surface area contributed by atoms with E-state index in [4.69, 9.17) is 24.4 Å². The van der Waals surface area contributed by atoms with E-state index < -0.39 is 49.9 Å². The van der Waals surface area contributed by atoms with Gasteiger partial charge in [0.2, 0.25) is 0 Å². The molecule has 1 saturated heterocycles. The van der Waals surface area contributed by atoms with Crippen LogP contribution in [0.2, 0.25) is 0 Å². The maximum atomic E-state index is 12.0. The van der Waals surface area contributed by atoms with Crippen molar-refractivity contribution < 1.29 is 54.8 Å². The molecular formula is C19H26O11. The molecule has 1 heterocycles. The normalized spacial score (nSPS) is 27.1. The lowest BCUT2D eigenvalue weighted by Gasteiger charge is -2.40. The van der Waals surface area contributed by atoms with Gasteiger partial charge >= 0.3 is 5.97 Å². The number of aliphatic hydroxyl groups is 5. The standard InChI is InChI=1S/C19H26O11/c20-4-3-11(7-21)8-29-19-18(27)17(26)16(25)14(30-19)9-28-15(24)6-10-1-2-12(22)13(23)5-10/h1-3,5,14,16-23,25-27H,4,6-9H2/b11-3+/t14-,16+,17+,18+,19-/m0/s1. The molecule has 1 aliphatic heterocycles. The molecule has 1 aromatic carbocycles. The van der Waals surface area contributed by atoms with Crippen molar-refractivity contribution in [1.82, 2.24) is 0 Å². The highest BCUT2D eigenvalue weighted by molar-refractivity contribution is 5.73. The van der Waals surface area contributed by atoms with Crippen molar-refractivity contribution in [2.24, 2.45) is 0 Å². The highest BCUT2D eigenvalue weighted by atomic mass is 16.7. The molecule has 0 bridgehead atoms. The Morgan fingerprint density at radius 1 is 1.07 bits per heavy atom. The molecule has 0 aromatic heterocycles. The van der Waals surface area contributed by atoms with Crippen LogP contribution in [-0.2, 0) is 25.4 Å². The largest absolute Gasteiger partial charge is 0.504 e. The van der Waals surface area contributed by atoms with Crippen molar-refractivity contribution in [2.45, 2.75) is 37.1 Å². The van der Waals surface area contributed by atoms with Gasteiger partial charge in [-0.1, -0.05) is 12.1 Å². The molecule has 11 nitrogen and oxygen atoms in total. The summed E-state index contributed by atoms with van der Waals surface area (Å²) in [5.41, 5.74) is 0.693. The quantitative estimate of drug-likeness (QED) is 0.129. The number of carbonyl (C=O) groups is 1. The van der Waals surface area contributed by atoms with E-state index in [1.54, 1.807) is 0 Å². The number of hydrogen-bond donors (Lipinski definition) is 7. The summed E-state index contributed by atoms with van der Waals surface area (Å²) >= 11 is 0. The molecule has 1 aliphatic rings. The van der Waals surface area contributed by atoms with E-state index in [0.29, 0.717) is 11.1 Å². The summed E-state index contributed by atoms with van der Waals surface area (Å²) in [4.78, 5) is 12.0. The number of aromatic hydroxyl groups is 2. The maximum absolute atomic E-state index is 12.0. The Labute approximate surface area is 172 Å². The minimum Gasteiger partial charge on any atom is -0.504 e. The van der Waals surface area contributed by atoms with Gasteiger partial charge in [-0.05, 0) is 23.3 Å². The molecule has 1 aromatic rings.